The summed E-state index contributed by atoms with van der Waals surface area (Å²) in [7, 11) is 0. The Morgan fingerprint density at radius 3 is 2.93 bits per heavy atom. The molecule has 2 fully saturated rings. The maximum atomic E-state index is 14.5. The number of hydrogen-bond acceptors (Lipinski definition) is 4. The van der Waals surface area contributed by atoms with E-state index >= 15 is 0 Å². The number of nitrogens with zero attached hydrogens (tertiary/aromatic N) is 2. The van der Waals surface area contributed by atoms with Crippen LogP contribution in [-0.4, -0.2) is 39.2 Å². The molecule has 2 aliphatic rings. The summed E-state index contributed by atoms with van der Waals surface area (Å²) in [5.74, 6) is -0.538. The maximum absolute atomic E-state index is 14.5. The van der Waals surface area contributed by atoms with Crippen molar-refractivity contribution in [3.8, 4) is 10.6 Å². The third-order valence-corrected chi connectivity index (χ3v) is 7.30. The Morgan fingerprint density at radius 1 is 1.28 bits per heavy atom. The Morgan fingerprint density at radius 2 is 2.14 bits per heavy atom. The van der Waals surface area contributed by atoms with E-state index in [-0.39, 0.29) is 23.6 Å². The summed E-state index contributed by atoms with van der Waals surface area (Å²) in [4.78, 5) is 15.9. The Labute approximate surface area is 172 Å². The highest BCUT2D eigenvalue weighted by molar-refractivity contribution is 7.13. The lowest BCUT2D eigenvalue weighted by molar-refractivity contribution is -0.0668. The number of aliphatic hydroxyl groups is 1. The number of hydrogen-bond donors (Lipinski definition) is 2. The summed E-state index contributed by atoms with van der Waals surface area (Å²) >= 11 is 1.58. The van der Waals surface area contributed by atoms with Crippen molar-refractivity contribution in [3.05, 3.63) is 64.9 Å². The molecule has 1 saturated heterocycles. The molecular weight excluding hydrogens is 389 g/mol. The molecule has 2 N–H and O–H groups in total. The molecule has 0 spiro atoms. The van der Waals surface area contributed by atoms with Crippen LogP contribution in [0.1, 0.15) is 35.3 Å². The van der Waals surface area contributed by atoms with Crippen LogP contribution in [-0.2, 0) is 5.60 Å². The van der Waals surface area contributed by atoms with Crippen LogP contribution in [0.4, 0.5) is 4.39 Å². The average molecular weight is 412 g/mol. The summed E-state index contributed by atoms with van der Waals surface area (Å²) in [5, 5.41) is 20.6. The molecule has 0 radical (unpaired) electrons. The Bertz CT molecular complexity index is 1030. The molecule has 1 amide bonds. The second-order valence-corrected chi connectivity index (χ2v) is 8.96. The smallest absolute Gasteiger partial charge is 0.274 e. The molecule has 1 aromatic carbocycles. The lowest BCUT2D eigenvalue weighted by atomic mass is 9.67. The predicted octanol–water partition coefficient (Wildman–Crippen LogP) is 4.04. The number of fused-ring (bicyclic) bond motifs is 1. The van der Waals surface area contributed by atoms with Crippen LogP contribution in [0, 0.1) is 17.7 Å². The van der Waals surface area contributed by atoms with Crippen LogP contribution in [0.25, 0.3) is 10.6 Å². The number of likely N-dealkylation sites (tertiary alicyclic amines) is 1. The fraction of sp³-hybridized carbons (Fsp3) is 0.364. The zero-order valence-electron chi connectivity index (χ0n) is 15.8. The van der Waals surface area contributed by atoms with Gasteiger partial charge in [0.25, 0.3) is 5.91 Å². The molecule has 5 rings (SSSR count). The number of carbonyl (C=O) groups excluding carboxylic acids is 1. The van der Waals surface area contributed by atoms with Crippen LogP contribution in [0.2, 0.25) is 0 Å². The first-order valence-corrected chi connectivity index (χ1v) is 10.8. The number of amides is 1. The minimum atomic E-state index is -1.24. The molecule has 0 bridgehead atoms. The minimum Gasteiger partial charge on any atom is -0.385 e. The van der Waals surface area contributed by atoms with Crippen LogP contribution < -0.4 is 0 Å². The Hall–Kier alpha value is -2.51. The van der Waals surface area contributed by atoms with E-state index < -0.39 is 5.60 Å². The molecule has 29 heavy (non-hydrogen) atoms. The van der Waals surface area contributed by atoms with Crippen LogP contribution >= 0.6 is 11.3 Å². The normalized spacial score (nSPS) is 26.5. The van der Waals surface area contributed by atoms with E-state index in [0.717, 1.165) is 23.4 Å². The average Bonchev–Trinajstić information content (AvgIpc) is 3.47. The van der Waals surface area contributed by atoms with Gasteiger partial charge >= 0.3 is 0 Å². The number of aromatic amines is 1. The number of thiophene rings is 1. The van der Waals surface area contributed by atoms with Gasteiger partial charge in [-0.05, 0) is 48.8 Å². The summed E-state index contributed by atoms with van der Waals surface area (Å²) in [6, 6.07) is 12.2. The zero-order chi connectivity index (χ0) is 20.0. The molecule has 3 aromatic rings. The monoisotopic (exact) mass is 411 g/mol. The van der Waals surface area contributed by atoms with Crippen molar-refractivity contribution in [2.24, 2.45) is 11.8 Å². The summed E-state index contributed by atoms with van der Waals surface area (Å²) in [6.45, 7) is 0.983. The second kappa shape index (κ2) is 7.07. The van der Waals surface area contributed by atoms with Gasteiger partial charge in [-0.25, -0.2) is 4.39 Å². The first-order valence-electron chi connectivity index (χ1n) is 9.92. The predicted molar refractivity (Wildman–Crippen MR) is 109 cm³/mol. The number of halogens is 1. The largest absolute Gasteiger partial charge is 0.385 e. The van der Waals surface area contributed by atoms with E-state index in [9.17, 15) is 14.3 Å². The lowest BCUT2D eigenvalue weighted by Gasteiger charge is -2.41. The van der Waals surface area contributed by atoms with Crippen molar-refractivity contribution in [1.82, 2.24) is 15.1 Å². The van der Waals surface area contributed by atoms with Crippen molar-refractivity contribution in [2.45, 2.75) is 24.9 Å². The van der Waals surface area contributed by atoms with Crippen LogP contribution in [0.3, 0.4) is 0 Å². The third-order valence-electron chi connectivity index (χ3n) is 6.40. The number of benzene rings is 1. The highest BCUT2D eigenvalue weighted by Crippen LogP contribution is 2.49. The third kappa shape index (κ3) is 3.09. The fourth-order valence-electron chi connectivity index (χ4n) is 4.99. The van der Waals surface area contributed by atoms with Crippen molar-refractivity contribution in [3.63, 3.8) is 0 Å². The van der Waals surface area contributed by atoms with Crippen molar-refractivity contribution < 1.29 is 14.3 Å². The van der Waals surface area contributed by atoms with Gasteiger partial charge in [-0.15, -0.1) is 11.3 Å². The molecular formula is C22H22FN3O2S. The van der Waals surface area contributed by atoms with E-state index in [0.29, 0.717) is 30.8 Å². The van der Waals surface area contributed by atoms with E-state index in [1.165, 1.54) is 6.07 Å². The number of rotatable bonds is 3. The zero-order valence-corrected chi connectivity index (χ0v) is 16.7. The van der Waals surface area contributed by atoms with Gasteiger partial charge in [0.2, 0.25) is 0 Å². The minimum absolute atomic E-state index is 0.144. The topological polar surface area (TPSA) is 69.2 Å². The molecule has 150 valence electrons. The number of H-pyrrole nitrogens is 1. The van der Waals surface area contributed by atoms with Crippen molar-refractivity contribution >= 4 is 17.2 Å². The molecule has 3 atom stereocenters. The van der Waals surface area contributed by atoms with E-state index in [1.807, 2.05) is 17.5 Å². The van der Waals surface area contributed by atoms with Gasteiger partial charge < -0.3 is 10.0 Å². The SMILES string of the molecule is O=C(c1cc(-c2cccs2)[nH]n1)N1C[C@@H]2CCC[C@](O)(c3ccccc3F)[C@@H]2C1. The molecule has 1 saturated carbocycles. The molecule has 2 aromatic heterocycles. The number of carbonyl (C=O) groups is 1. The van der Waals surface area contributed by atoms with Gasteiger partial charge in [-0.2, -0.15) is 5.10 Å². The summed E-state index contributed by atoms with van der Waals surface area (Å²) < 4.78 is 14.5. The van der Waals surface area contributed by atoms with Gasteiger partial charge in [0, 0.05) is 24.6 Å². The van der Waals surface area contributed by atoms with Gasteiger partial charge in [0.1, 0.15) is 5.82 Å². The maximum Gasteiger partial charge on any atom is 0.274 e. The van der Waals surface area contributed by atoms with Gasteiger partial charge in [-0.1, -0.05) is 24.3 Å². The Balaban J connectivity index is 1.39. The first-order chi connectivity index (χ1) is 14.1. The van der Waals surface area contributed by atoms with Gasteiger partial charge in [0.05, 0.1) is 16.2 Å². The molecule has 1 aliphatic carbocycles. The Kier molecular flexibility index (Phi) is 4.52. The highest BCUT2D eigenvalue weighted by Gasteiger charge is 2.51. The van der Waals surface area contributed by atoms with Crippen LogP contribution in [0.5, 0.6) is 0 Å². The second-order valence-electron chi connectivity index (χ2n) is 8.02. The summed E-state index contributed by atoms with van der Waals surface area (Å²) in [6.07, 6.45) is 2.27. The molecule has 1 aliphatic heterocycles. The first kappa shape index (κ1) is 18.5. The standard InChI is InChI=1S/C22H22FN3O2S/c23-17-7-2-1-6-15(17)22(28)9-3-5-14-12-26(13-16(14)22)21(27)19-11-18(24-25-19)20-8-4-10-29-20/h1-2,4,6-8,10-11,14,16,28H,3,5,9,12-13H2,(H,24,25)/t14-,16+,22-/m0/s1. The quantitative estimate of drug-likeness (QED) is 0.684. The molecule has 0 unspecified atom stereocenters. The molecule has 3 heterocycles. The van der Waals surface area contributed by atoms with E-state index in [1.54, 1.807) is 40.5 Å². The van der Waals surface area contributed by atoms with Gasteiger partial charge in [-0.3, -0.25) is 9.89 Å². The summed E-state index contributed by atoms with van der Waals surface area (Å²) in [5.41, 5.74) is 0.310. The van der Waals surface area contributed by atoms with E-state index in [4.69, 9.17) is 0 Å². The van der Waals surface area contributed by atoms with E-state index in [2.05, 4.69) is 10.2 Å². The molecule has 5 nitrogen and oxygen atoms in total. The van der Waals surface area contributed by atoms with Gasteiger partial charge in [0.15, 0.2) is 5.69 Å². The highest BCUT2D eigenvalue weighted by atomic mass is 32.1. The fourth-order valence-corrected chi connectivity index (χ4v) is 5.68. The molecule has 7 heteroatoms. The number of nitrogens with one attached hydrogen (secondary N) is 1. The lowest BCUT2D eigenvalue weighted by Crippen LogP contribution is -2.43. The van der Waals surface area contributed by atoms with Crippen molar-refractivity contribution in [2.75, 3.05) is 13.1 Å². The van der Waals surface area contributed by atoms with Crippen molar-refractivity contribution in [1.29, 1.82) is 0 Å². The van der Waals surface area contributed by atoms with Crippen LogP contribution in [0.15, 0.2) is 47.8 Å². The number of aromatic nitrogens is 2.